The van der Waals surface area contributed by atoms with E-state index in [9.17, 15) is 15.4 Å². The molecule has 1 aromatic rings. The molecule has 1 aromatic carbocycles. The van der Waals surface area contributed by atoms with E-state index in [1.807, 2.05) is 44.2 Å². The van der Waals surface area contributed by atoms with Crippen molar-refractivity contribution in [1.82, 2.24) is 5.06 Å². The van der Waals surface area contributed by atoms with Crippen LogP contribution in [0.15, 0.2) is 30.3 Å². The number of aliphatic hydroxyl groups excluding tert-OH is 2. The first-order valence-corrected chi connectivity index (χ1v) is 6.21. The lowest BCUT2D eigenvalue weighted by Crippen LogP contribution is -2.52. The molecule has 3 N–H and O–H groups in total. The Labute approximate surface area is 108 Å². The van der Waals surface area contributed by atoms with E-state index in [1.54, 1.807) is 6.92 Å². The molecule has 102 valence electrons. The van der Waals surface area contributed by atoms with Crippen LogP contribution in [-0.2, 0) is 0 Å². The van der Waals surface area contributed by atoms with E-state index in [-0.39, 0.29) is 25.2 Å². The molecule has 0 spiro atoms. The Bertz CT molecular complexity index is 349. The van der Waals surface area contributed by atoms with E-state index in [2.05, 4.69) is 0 Å². The molecule has 1 atom stereocenters. The third-order valence-electron chi connectivity index (χ3n) is 3.27. The molecular weight excluding hydrogens is 230 g/mol. The number of hydrogen-bond donors (Lipinski definition) is 3. The number of hydrogen-bond acceptors (Lipinski definition) is 4. The van der Waals surface area contributed by atoms with Crippen LogP contribution >= 0.6 is 0 Å². The van der Waals surface area contributed by atoms with Crippen molar-refractivity contribution in [2.75, 3.05) is 13.2 Å². The van der Waals surface area contributed by atoms with Gasteiger partial charge in [0.2, 0.25) is 0 Å². The van der Waals surface area contributed by atoms with Crippen LogP contribution in [0.4, 0.5) is 0 Å². The highest BCUT2D eigenvalue weighted by Gasteiger charge is 2.37. The fourth-order valence-corrected chi connectivity index (χ4v) is 1.99. The normalized spacial score (nSPS) is 14.2. The third kappa shape index (κ3) is 3.09. The van der Waals surface area contributed by atoms with E-state index in [4.69, 9.17) is 0 Å². The molecule has 0 saturated heterocycles. The summed E-state index contributed by atoms with van der Waals surface area (Å²) in [4.78, 5) is 0. The molecule has 0 aromatic heterocycles. The first kappa shape index (κ1) is 15.1. The third-order valence-corrected chi connectivity index (χ3v) is 3.27. The van der Waals surface area contributed by atoms with Crippen molar-refractivity contribution >= 4 is 0 Å². The number of benzene rings is 1. The van der Waals surface area contributed by atoms with Crippen molar-refractivity contribution in [2.45, 2.75) is 32.4 Å². The minimum Gasteiger partial charge on any atom is -0.394 e. The lowest BCUT2D eigenvalue weighted by Gasteiger charge is -2.41. The Balaban J connectivity index is 3.07. The Kier molecular flexibility index (Phi) is 5.28. The van der Waals surface area contributed by atoms with Gasteiger partial charge in [-0.1, -0.05) is 44.2 Å². The summed E-state index contributed by atoms with van der Waals surface area (Å²) < 4.78 is 0. The lowest BCUT2D eigenvalue weighted by molar-refractivity contribution is -0.229. The second-order valence-electron chi connectivity index (χ2n) is 5.26. The van der Waals surface area contributed by atoms with E-state index >= 15 is 0 Å². The summed E-state index contributed by atoms with van der Waals surface area (Å²) in [5.41, 5.74) is -0.0896. The number of rotatable bonds is 6. The second kappa shape index (κ2) is 6.29. The molecular formula is C14H23NO3. The average molecular weight is 253 g/mol. The minimum absolute atomic E-state index is 0.148. The molecule has 1 rings (SSSR count). The molecule has 0 fully saturated rings. The Hall–Kier alpha value is -0.940. The van der Waals surface area contributed by atoms with E-state index in [0.717, 1.165) is 10.6 Å². The van der Waals surface area contributed by atoms with Gasteiger partial charge < -0.3 is 15.4 Å². The van der Waals surface area contributed by atoms with Crippen LogP contribution in [0.3, 0.4) is 0 Å². The van der Waals surface area contributed by atoms with Gasteiger partial charge in [-0.05, 0) is 18.4 Å². The maximum Gasteiger partial charge on any atom is 0.0898 e. The predicted octanol–water partition coefficient (Wildman–Crippen LogP) is 1.82. The van der Waals surface area contributed by atoms with Crippen molar-refractivity contribution in [3.63, 3.8) is 0 Å². The topological polar surface area (TPSA) is 63.9 Å². The maximum atomic E-state index is 10.4. The zero-order valence-corrected chi connectivity index (χ0v) is 11.2. The highest BCUT2D eigenvalue weighted by atomic mass is 16.5. The molecule has 0 aliphatic heterocycles. The Morgan fingerprint density at radius 2 is 1.61 bits per heavy atom. The van der Waals surface area contributed by atoms with Gasteiger partial charge in [0.25, 0.3) is 0 Å². The molecule has 4 heteroatoms. The van der Waals surface area contributed by atoms with Crippen LogP contribution in [0, 0.1) is 5.92 Å². The maximum absolute atomic E-state index is 10.4. The fourth-order valence-electron chi connectivity index (χ4n) is 1.99. The van der Waals surface area contributed by atoms with Crippen molar-refractivity contribution < 1.29 is 15.4 Å². The summed E-state index contributed by atoms with van der Waals surface area (Å²) in [7, 11) is 0. The predicted molar refractivity (Wildman–Crippen MR) is 70.2 cm³/mol. The Morgan fingerprint density at radius 1 is 1.11 bits per heavy atom. The van der Waals surface area contributed by atoms with Gasteiger partial charge in [0.05, 0.1) is 24.8 Å². The van der Waals surface area contributed by atoms with Gasteiger partial charge in [-0.2, -0.15) is 5.06 Å². The minimum atomic E-state index is -1.05. The molecule has 1 unspecified atom stereocenters. The largest absolute Gasteiger partial charge is 0.394 e. The molecule has 0 radical (unpaired) electrons. The Morgan fingerprint density at radius 3 is 2.00 bits per heavy atom. The van der Waals surface area contributed by atoms with Crippen LogP contribution in [0.2, 0.25) is 0 Å². The molecule has 18 heavy (non-hydrogen) atoms. The zero-order valence-electron chi connectivity index (χ0n) is 11.2. The van der Waals surface area contributed by atoms with Gasteiger partial charge >= 0.3 is 0 Å². The van der Waals surface area contributed by atoms with E-state index < -0.39 is 5.54 Å². The van der Waals surface area contributed by atoms with Gasteiger partial charge in [0.15, 0.2) is 0 Å². The summed E-state index contributed by atoms with van der Waals surface area (Å²) in [5, 5.41) is 30.2. The summed E-state index contributed by atoms with van der Waals surface area (Å²) >= 11 is 0. The molecule has 0 amide bonds. The zero-order chi connectivity index (χ0) is 13.8. The van der Waals surface area contributed by atoms with Crippen molar-refractivity contribution in [3.8, 4) is 0 Å². The van der Waals surface area contributed by atoms with Crippen LogP contribution in [0.1, 0.15) is 32.4 Å². The van der Waals surface area contributed by atoms with Crippen LogP contribution in [-0.4, -0.2) is 39.2 Å². The van der Waals surface area contributed by atoms with Crippen molar-refractivity contribution in [2.24, 2.45) is 5.92 Å². The quantitative estimate of drug-likeness (QED) is 0.677. The highest BCUT2D eigenvalue weighted by Crippen LogP contribution is 2.32. The SMILES string of the molecule is CC(C)C(c1ccccc1)N(O)C(C)(CO)CO. The monoisotopic (exact) mass is 253 g/mol. The summed E-state index contributed by atoms with van der Waals surface area (Å²) in [6.45, 7) is 5.00. The summed E-state index contributed by atoms with van der Waals surface area (Å²) in [6.07, 6.45) is 0. The average Bonchev–Trinajstić information content (AvgIpc) is 2.38. The molecule has 0 saturated carbocycles. The van der Waals surface area contributed by atoms with E-state index in [1.165, 1.54) is 0 Å². The number of aliphatic hydroxyl groups is 2. The molecule has 0 heterocycles. The van der Waals surface area contributed by atoms with Gasteiger partial charge in [0.1, 0.15) is 0 Å². The summed E-state index contributed by atoms with van der Waals surface area (Å²) in [6, 6.07) is 9.34. The second-order valence-corrected chi connectivity index (χ2v) is 5.26. The molecule has 4 nitrogen and oxygen atoms in total. The van der Waals surface area contributed by atoms with Gasteiger partial charge in [-0.25, -0.2) is 0 Å². The lowest BCUT2D eigenvalue weighted by atomic mass is 9.91. The summed E-state index contributed by atoms with van der Waals surface area (Å²) in [5.74, 6) is 0.148. The van der Waals surface area contributed by atoms with Gasteiger partial charge in [-0.3, -0.25) is 0 Å². The first-order chi connectivity index (χ1) is 8.46. The molecule has 0 bridgehead atoms. The van der Waals surface area contributed by atoms with Crippen molar-refractivity contribution in [1.29, 1.82) is 0 Å². The first-order valence-electron chi connectivity index (χ1n) is 6.21. The smallest absolute Gasteiger partial charge is 0.0898 e. The van der Waals surface area contributed by atoms with Crippen LogP contribution in [0.5, 0.6) is 0 Å². The molecule has 0 aliphatic rings. The number of nitrogens with zero attached hydrogens (tertiary/aromatic N) is 1. The fraction of sp³-hybridized carbons (Fsp3) is 0.571. The molecule has 0 aliphatic carbocycles. The van der Waals surface area contributed by atoms with Gasteiger partial charge in [0, 0.05) is 0 Å². The van der Waals surface area contributed by atoms with Crippen LogP contribution in [0.25, 0.3) is 0 Å². The highest BCUT2D eigenvalue weighted by molar-refractivity contribution is 5.19. The van der Waals surface area contributed by atoms with E-state index in [0.29, 0.717) is 0 Å². The standard InChI is InChI=1S/C14H23NO3/c1-11(2)13(12-7-5-4-6-8-12)15(18)14(3,9-16)10-17/h4-8,11,13,16-18H,9-10H2,1-3H3. The van der Waals surface area contributed by atoms with Gasteiger partial charge in [-0.15, -0.1) is 0 Å². The number of hydroxylamine groups is 2. The van der Waals surface area contributed by atoms with Crippen LogP contribution < -0.4 is 0 Å². The van der Waals surface area contributed by atoms with Crippen molar-refractivity contribution in [3.05, 3.63) is 35.9 Å².